The molecule has 0 saturated carbocycles. The van der Waals surface area contributed by atoms with Crippen molar-refractivity contribution >= 4 is 72.7 Å². The lowest BCUT2D eigenvalue weighted by Crippen LogP contribution is -2.17. The minimum Gasteiger partial charge on any atom is -0.310 e. The van der Waals surface area contributed by atoms with E-state index in [9.17, 15) is 0 Å². The molecule has 0 amide bonds. The summed E-state index contributed by atoms with van der Waals surface area (Å²) in [5.74, 6) is 0. The van der Waals surface area contributed by atoms with E-state index in [0.717, 1.165) is 45.5 Å². The van der Waals surface area contributed by atoms with Gasteiger partial charge in [-0.2, -0.15) is 0 Å². The Morgan fingerprint density at radius 2 is 0.853 bits per heavy atom. The van der Waals surface area contributed by atoms with Gasteiger partial charge in [0.15, 0.2) is 0 Å². The first-order chi connectivity index (χ1) is 33.5. The lowest BCUT2D eigenvalue weighted by molar-refractivity contribution is 0.660. The van der Waals surface area contributed by atoms with Crippen LogP contribution in [0.2, 0.25) is 0 Å². The molecule has 1 aliphatic carbocycles. The van der Waals surface area contributed by atoms with Crippen molar-refractivity contribution in [1.29, 1.82) is 0 Å². The molecule has 0 aromatic heterocycles. The van der Waals surface area contributed by atoms with Gasteiger partial charge in [0.2, 0.25) is 0 Å². The molecular weight excluding hydrogens is 823 g/mol. The number of fused-ring (bicyclic) bond motifs is 6. The zero-order valence-corrected chi connectivity index (χ0v) is 38.0. The summed E-state index contributed by atoms with van der Waals surface area (Å²) >= 11 is 0. The third kappa shape index (κ3) is 6.35. The van der Waals surface area contributed by atoms with Gasteiger partial charge in [0, 0.05) is 56.2 Å². The van der Waals surface area contributed by atoms with Crippen molar-refractivity contribution < 1.29 is 0 Å². The molecule has 0 saturated heterocycles. The molecule has 0 atom stereocenters. The minimum absolute atomic E-state index is 0.0951. The summed E-state index contributed by atoms with van der Waals surface area (Å²) in [6.45, 7) is 4.70. The summed E-state index contributed by atoms with van der Waals surface area (Å²) in [5.41, 5.74) is 20.3. The van der Waals surface area contributed by atoms with Gasteiger partial charge >= 0.3 is 0 Å². The molecule has 2 aliphatic rings. The highest BCUT2D eigenvalue weighted by molar-refractivity contribution is 6.17. The fourth-order valence-electron chi connectivity index (χ4n) is 11.1. The van der Waals surface area contributed by atoms with Crippen molar-refractivity contribution in [2.24, 2.45) is 0 Å². The first kappa shape index (κ1) is 39.7. The third-order valence-corrected chi connectivity index (χ3v) is 14.3. The molecule has 13 rings (SSSR count). The van der Waals surface area contributed by atoms with Crippen LogP contribution in [0.1, 0.15) is 25.0 Å². The summed E-state index contributed by atoms with van der Waals surface area (Å²) in [4.78, 5) is 7.23. The molecular formula is C65H47N3. The van der Waals surface area contributed by atoms with Crippen molar-refractivity contribution in [3.05, 3.63) is 260 Å². The predicted octanol–water partition coefficient (Wildman–Crippen LogP) is 18.4. The molecule has 1 heterocycles. The van der Waals surface area contributed by atoms with Gasteiger partial charge in [-0.3, -0.25) is 0 Å². The number of rotatable bonds is 8. The van der Waals surface area contributed by atoms with Crippen LogP contribution in [-0.2, 0) is 5.41 Å². The van der Waals surface area contributed by atoms with Crippen molar-refractivity contribution in [3.63, 3.8) is 0 Å². The summed E-state index contributed by atoms with van der Waals surface area (Å²) in [6, 6.07) is 91.1. The summed E-state index contributed by atoms with van der Waals surface area (Å²) in [7, 11) is 0. The van der Waals surface area contributed by atoms with Gasteiger partial charge in [0.25, 0.3) is 0 Å². The number of hydrogen-bond donors (Lipinski definition) is 0. The first-order valence-corrected chi connectivity index (χ1v) is 23.6. The first-order valence-electron chi connectivity index (χ1n) is 23.6. The van der Waals surface area contributed by atoms with Gasteiger partial charge < -0.3 is 14.7 Å². The second kappa shape index (κ2) is 15.8. The third-order valence-electron chi connectivity index (χ3n) is 14.3. The van der Waals surface area contributed by atoms with Gasteiger partial charge in [-0.1, -0.05) is 172 Å². The number of benzene rings is 11. The molecule has 11 aromatic rings. The Bertz CT molecular complexity index is 3710. The summed E-state index contributed by atoms with van der Waals surface area (Å²) in [6.07, 6.45) is 0. The molecule has 322 valence electrons. The van der Waals surface area contributed by atoms with Gasteiger partial charge in [0.1, 0.15) is 0 Å². The van der Waals surface area contributed by atoms with Crippen LogP contribution in [0.3, 0.4) is 0 Å². The highest BCUT2D eigenvalue weighted by atomic mass is 15.2. The monoisotopic (exact) mass is 869 g/mol. The van der Waals surface area contributed by atoms with E-state index in [1.807, 2.05) is 0 Å². The molecule has 68 heavy (non-hydrogen) atoms. The van der Waals surface area contributed by atoms with Crippen molar-refractivity contribution in [1.82, 2.24) is 0 Å². The highest BCUT2D eigenvalue weighted by Crippen LogP contribution is 2.55. The lowest BCUT2D eigenvalue weighted by Gasteiger charge is -2.35. The Morgan fingerprint density at radius 3 is 1.60 bits per heavy atom. The van der Waals surface area contributed by atoms with Crippen molar-refractivity contribution in [2.75, 3.05) is 14.7 Å². The maximum atomic E-state index is 2.46. The van der Waals surface area contributed by atoms with E-state index in [2.05, 4.69) is 277 Å². The molecule has 11 aromatic carbocycles. The Kier molecular flexibility index (Phi) is 9.19. The second-order valence-electron chi connectivity index (χ2n) is 18.6. The second-order valence-corrected chi connectivity index (χ2v) is 18.6. The maximum Gasteiger partial charge on any atom is 0.0561 e. The number of hydrogen-bond acceptors (Lipinski definition) is 3. The molecule has 0 fully saturated rings. The summed E-state index contributed by atoms with van der Waals surface area (Å²) < 4.78 is 0. The Morgan fingerprint density at radius 1 is 0.324 bits per heavy atom. The zero-order chi connectivity index (χ0) is 45.3. The van der Waals surface area contributed by atoms with Crippen LogP contribution in [-0.4, -0.2) is 0 Å². The van der Waals surface area contributed by atoms with Crippen LogP contribution in [0, 0.1) is 0 Å². The summed E-state index contributed by atoms with van der Waals surface area (Å²) in [5, 5.41) is 4.92. The largest absolute Gasteiger partial charge is 0.310 e. The smallest absolute Gasteiger partial charge is 0.0561 e. The quantitative estimate of drug-likeness (QED) is 0.151. The Labute approximate surface area is 398 Å². The number of anilines is 9. The van der Waals surface area contributed by atoms with E-state index in [0.29, 0.717) is 0 Å². The number of nitrogens with zero attached hydrogens (tertiary/aromatic N) is 3. The van der Waals surface area contributed by atoms with Crippen molar-refractivity contribution in [2.45, 2.75) is 19.3 Å². The van der Waals surface area contributed by atoms with Gasteiger partial charge in [-0.05, 0) is 146 Å². The molecule has 1 aliphatic heterocycles. The van der Waals surface area contributed by atoms with E-state index in [1.54, 1.807) is 0 Å². The van der Waals surface area contributed by atoms with Gasteiger partial charge in [-0.25, -0.2) is 0 Å². The molecule has 0 bridgehead atoms. The van der Waals surface area contributed by atoms with Crippen LogP contribution in [0.5, 0.6) is 0 Å². The zero-order valence-electron chi connectivity index (χ0n) is 38.0. The van der Waals surface area contributed by atoms with Crippen LogP contribution in [0.15, 0.2) is 249 Å². The van der Waals surface area contributed by atoms with Crippen molar-refractivity contribution in [3.8, 4) is 33.4 Å². The van der Waals surface area contributed by atoms with Crippen LogP contribution < -0.4 is 14.7 Å². The number of para-hydroxylation sites is 3. The maximum absolute atomic E-state index is 2.46. The van der Waals surface area contributed by atoms with E-state index in [4.69, 9.17) is 0 Å². The molecule has 3 nitrogen and oxygen atoms in total. The van der Waals surface area contributed by atoms with Crippen LogP contribution in [0.25, 0.3) is 54.9 Å². The normalized spacial score (nSPS) is 12.9. The molecule has 3 heteroatoms. The molecule has 0 spiro atoms. The van der Waals surface area contributed by atoms with Gasteiger partial charge in [0.05, 0.1) is 11.4 Å². The SMILES string of the molecule is CC1(C)c2ccccc2-c2ccc(N(c3ccccc3)c3ccc(-c4ccc5c6c(cccc46)N(c4ccccc4)c4cc(N(c6ccccc6)c6ccc7ccccc7c6)ccc4-5)cc3)cc21. The van der Waals surface area contributed by atoms with E-state index < -0.39 is 0 Å². The van der Waals surface area contributed by atoms with Crippen LogP contribution in [0.4, 0.5) is 51.2 Å². The standard InChI is InChI=1S/C65H47N3/c1-65(2)60-27-15-14-25-55(60)56-37-35-52(42-61(56)65)66(47-19-6-3-7-20-47)50-32-30-45(31-33-50)54-39-40-59-57-38-36-53(43-63(57)68(49-23-10-5-11-24-49)62-28-16-26-58(54)64(59)62)67(48-21-8-4-9-22-48)51-34-29-44-17-12-13-18-46(44)41-51/h3-43H,1-2H3. The fourth-order valence-corrected chi connectivity index (χ4v) is 11.1. The highest BCUT2D eigenvalue weighted by Gasteiger charge is 2.36. The van der Waals surface area contributed by atoms with E-state index in [-0.39, 0.29) is 5.41 Å². The van der Waals surface area contributed by atoms with Crippen LogP contribution >= 0.6 is 0 Å². The fraction of sp³-hybridized carbons (Fsp3) is 0.0462. The minimum atomic E-state index is -0.0951. The lowest BCUT2D eigenvalue weighted by atomic mass is 9.82. The predicted molar refractivity (Wildman–Crippen MR) is 287 cm³/mol. The molecule has 0 N–H and O–H groups in total. The van der Waals surface area contributed by atoms with E-state index in [1.165, 1.54) is 71.7 Å². The molecule has 0 unspecified atom stereocenters. The average molecular weight is 870 g/mol. The molecule has 0 radical (unpaired) electrons. The van der Waals surface area contributed by atoms with E-state index >= 15 is 0 Å². The Balaban J connectivity index is 0.926. The Hall–Kier alpha value is -8.66. The average Bonchev–Trinajstić information content (AvgIpc) is 3.62. The van der Waals surface area contributed by atoms with Gasteiger partial charge in [-0.15, -0.1) is 0 Å². The topological polar surface area (TPSA) is 9.72 Å².